The van der Waals surface area contributed by atoms with Crippen LogP contribution in [0.1, 0.15) is 32.8 Å². The van der Waals surface area contributed by atoms with Crippen LogP contribution in [0, 0.1) is 5.92 Å². The molecule has 1 aromatic carbocycles. The summed E-state index contributed by atoms with van der Waals surface area (Å²) in [6.07, 6.45) is 0.300. The molecule has 0 aliphatic rings. The van der Waals surface area contributed by atoms with Gasteiger partial charge in [0.15, 0.2) is 0 Å². The van der Waals surface area contributed by atoms with E-state index in [1.165, 1.54) is 5.56 Å². The lowest BCUT2D eigenvalue weighted by atomic mass is 10.2. The number of aliphatic hydroxyl groups excluding tert-OH is 1. The predicted octanol–water partition coefficient (Wildman–Crippen LogP) is 3.34. The van der Waals surface area contributed by atoms with Gasteiger partial charge in [-0.15, -0.1) is 0 Å². The maximum absolute atomic E-state index is 9.48. The molecule has 1 atom stereocenters. The van der Waals surface area contributed by atoms with Crippen molar-refractivity contribution < 1.29 is 9.84 Å². The van der Waals surface area contributed by atoms with Gasteiger partial charge >= 0.3 is 0 Å². The van der Waals surface area contributed by atoms with Gasteiger partial charge in [0.2, 0.25) is 0 Å². The van der Waals surface area contributed by atoms with Crippen LogP contribution in [-0.2, 0) is 6.54 Å². The van der Waals surface area contributed by atoms with Gasteiger partial charge in [-0.1, -0.05) is 26.8 Å². The zero-order chi connectivity index (χ0) is 14.3. The fraction of sp³-hybridized carbons (Fsp3) is 0.600. The average molecular weight is 330 g/mol. The van der Waals surface area contributed by atoms with E-state index in [4.69, 9.17) is 4.74 Å². The monoisotopic (exact) mass is 329 g/mol. The zero-order valence-corrected chi connectivity index (χ0v) is 13.5. The van der Waals surface area contributed by atoms with Gasteiger partial charge < -0.3 is 15.2 Å². The van der Waals surface area contributed by atoms with E-state index in [9.17, 15) is 5.11 Å². The van der Waals surface area contributed by atoms with Gasteiger partial charge in [0, 0.05) is 6.54 Å². The van der Waals surface area contributed by atoms with Gasteiger partial charge in [-0.25, -0.2) is 0 Å². The lowest BCUT2D eigenvalue weighted by Crippen LogP contribution is -2.19. The molecule has 0 saturated carbocycles. The molecule has 3 nitrogen and oxygen atoms in total. The Morgan fingerprint density at radius 1 is 1.37 bits per heavy atom. The second kappa shape index (κ2) is 8.56. The van der Waals surface area contributed by atoms with Crippen molar-refractivity contribution in [2.24, 2.45) is 5.92 Å². The molecule has 0 fully saturated rings. The number of nitrogens with one attached hydrogen (secondary N) is 1. The van der Waals surface area contributed by atoms with Crippen molar-refractivity contribution in [1.29, 1.82) is 0 Å². The molecule has 108 valence electrons. The minimum absolute atomic E-state index is 0.333. The second-order valence-corrected chi connectivity index (χ2v) is 6.02. The molecule has 0 spiro atoms. The molecule has 0 bridgehead atoms. The van der Waals surface area contributed by atoms with Crippen molar-refractivity contribution in [3.63, 3.8) is 0 Å². The van der Waals surface area contributed by atoms with E-state index >= 15 is 0 Å². The molecule has 0 heterocycles. The standard InChI is InChI=1S/C15H24BrNO2/c1-4-13(18)10-19-15-6-5-12(7-14(15)16)9-17-8-11(2)3/h5-7,11,13,17-18H,4,8-10H2,1-3H3. The molecule has 4 heteroatoms. The average Bonchev–Trinajstić information content (AvgIpc) is 2.37. The third kappa shape index (κ3) is 6.41. The summed E-state index contributed by atoms with van der Waals surface area (Å²) in [7, 11) is 0. The summed E-state index contributed by atoms with van der Waals surface area (Å²) in [5.74, 6) is 1.43. The van der Waals surface area contributed by atoms with Crippen LogP contribution in [0.2, 0.25) is 0 Å². The maximum Gasteiger partial charge on any atom is 0.133 e. The lowest BCUT2D eigenvalue weighted by molar-refractivity contribution is 0.104. The van der Waals surface area contributed by atoms with Crippen LogP contribution < -0.4 is 10.1 Å². The summed E-state index contributed by atoms with van der Waals surface area (Å²) >= 11 is 3.51. The highest BCUT2D eigenvalue weighted by molar-refractivity contribution is 9.10. The lowest BCUT2D eigenvalue weighted by Gasteiger charge is -2.13. The van der Waals surface area contributed by atoms with E-state index in [0.717, 1.165) is 23.3 Å². The molecular weight excluding hydrogens is 306 g/mol. The minimum Gasteiger partial charge on any atom is -0.490 e. The number of hydrogen-bond acceptors (Lipinski definition) is 3. The first-order valence-corrected chi connectivity index (χ1v) is 7.62. The molecule has 1 unspecified atom stereocenters. The molecule has 19 heavy (non-hydrogen) atoms. The van der Waals surface area contributed by atoms with Crippen molar-refractivity contribution in [3.05, 3.63) is 28.2 Å². The Bertz CT molecular complexity index is 382. The van der Waals surface area contributed by atoms with Gasteiger partial charge in [-0.05, 0) is 52.5 Å². The minimum atomic E-state index is -0.403. The first-order valence-electron chi connectivity index (χ1n) is 6.83. The smallest absolute Gasteiger partial charge is 0.133 e. The molecular formula is C15H24BrNO2. The van der Waals surface area contributed by atoms with Gasteiger partial charge in [-0.2, -0.15) is 0 Å². The second-order valence-electron chi connectivity index (χ2n) is 5.16. The van der Waals surface area contributed by atoms with Gasteiger partial charge in [-0.3, -0.25) is 0 Å². The highest BCUT2D eigenvalue weighted by Crippen LogP contribution is 2.26. The molecule has 0 saturated heterocycles. The normalized spacial score (nSPS) is 12.7. The fourth-order valence-electron chi connectivity index (χ4n) is 1.58. The van der Waals surface area contributed by atoms with E-state index in [1.54, 1.807) is 0 Å². The molecule has 0 aliphatic carbocycles. The Hall–Kier alpha value is -0.580. The van der Waals surface area contributed by atoms with E-state index < -0.39 is 6.10 Å². The third-order valence-electron chi connectivity index (χ3n) is 2.78. The number of hydrogen-bond donors (Lipinski definition) is 2. The summed E-state index contributed by atoms with van der Waals surface area (Å²) in [4.78, 5) is 0. The Kier molecular flexibility index (Phi) is 7.42. The first kappa shape index (κ1) is 16.5. The van der Waals surface area contributed by atoms with Crippen LogP contribution in [0.15, 0.2) is 22.7 Å². The fourth-order valence-corrected chi connectivity index (χ4v) is 2.12. The highest BCUT2D eigenvalue weighted by Gasteiger charge is 2.06. The first-order chi connectivity index (χ1) is 9.02. The number of aliphatic hydroxyl groups is 1. The van der Waals surface area contributed by atoms with Gasteiger partial charge in [0.25, 0.3) is 0 Å². The molecule has 0 amide bonds. The van der Waals surface area contributed by atoms with Crippen molar-refractivity contribution in [2.45, 2.75) is 39.8 Å². The SMILES string of the molecule is CCC(O)COc1ccc(CNCC(C)C)cc1Br. The quantitative estimate of drug-likeness (QED) is 0.768. The number of ether oxygens (including phenoxy) is 1. The van der Waals surface area contributed by atoms with Crippen molar-refractivity contribution in [1.82, 2.24) is 5.32 Å². The Balaban J connectivity index is 2.49. The van der Waals surface area contributed by atoms with Crippen LogP contribution in [-0.4, -0.2) is 24.4 Å². The van der Waals surface area contributed by atoms with Crippen LogP contribution in [0.25, 0.3) is 0 Å². The summed E-state index contributed by atoms with van der Waals surface area (Å²) in [5, 5.41) is 12.9. The Morgan fingerprint density at radius 2 is 2.11 bits per heavy atom. The summed E-state index contributed by atoms with van der Waals surface area (Å²) in [5.41, 5.74) is 1.22. The third-order valence-corrected chi connectivity index (χ3v) is 3.40. The van der Waals surface area contributed by atoms with Crippen molar-refractivity contribution in [3.8, 4) is 5.75 Å². The molecule has 0 aliphatic heterocycles. The van der Waals surface area contributed by atoms with Crippen LogP contribution in [0.4, 0.5) is 0 Å². The van der Waals surface area contributed by atoms with E-state index in [0.29, 0.717) is 18.9 Å². The molecule has 1 rings (SSSR count). The predicted molar refractivity (Wildman–Crippen MR) is 82.5 cm³/mol. The highest BCUT2D eigenvalue weighted by atomic mass is 79.9. The molecule has 1 aromatic rings. The van der Waals surface area contributed by atoms with Crippen LogP contribution >= 0.6 is 15.9 Å². The van der Waals surface area contributed by atoms with Crippen molar-refractivity contribution in [2.75, 3.05) is 13.2 Å². The van der Waals surface area contributed by atoms with Gasteiger partial charge in [0.1, 0.15) is 12.4 Å². The number of halogens is 1. The zero-order valence-electron chi connectivity index (χ0n) is 11.9. The number of benzene rings is 1. The Labute approximate surface area is 124 Å². The molecule has 0 aromatic heterocycles. The number of rotatable bonds is 8. The van der Waals surface area contributed by atoms with E-state index in [-0.39, 0.29) is 0 Å². The van der Waals surface area contributed by atoms with E-state index in [2.05, 4.69) is 41.2 Å². The topological polar surface area (TPSA) is 41.5 Å². The van der Waals surface area contributed by atoms with Crippen LogP contribution in [0.5, 0.6) is 5.75 Å². The largest absolute Gasteiger partial charge is 0.490 e. The summed E-state index contributed by atoms with van der Waals surface area (Å²) in [6.45, 7) is 8.53. The van der Waals surface area contributed by atoms with Crippen molar-refractivity contribution >= 4 is 15.9 Å². The molecule has 2 N–H and O–H groups in total. The van der Waals surface area contributed by atoms with E-state index in [1.807, 2.05) is 19.1 Å². The molecule has 0 radical (unpaired) electrons. The maximum atomic E-state index is 9.48. The summed E-state index contributed by atoms with van der Waals surface area (Å²) in [6, 6.07) is 6.05. The Morgan fingerprint density at radius 3 is 2.68 bits per heavy atom. The van der Waals surface area contributed by atoms with Gasteiger partial charge in [0.05, 0.1) is 10.6 Å². The van der Waals surface area contributed by atoms with Crippen LogP contribution in [0.3, 0.4) is 0 Å². The summed E-state index contributed by atoms with van der Waals surface area (Å²) < 4.78 is 6.50.